The number of carbonyl (C=O) groups excluding carboxylic acids is 1. The molecule has 2 aromatic rings. The molecule has 17 heavy (non-hydrogen) atoms. The lowest BCUT2D eigenvalue weighted by atomic mass is 10.2. The molecular weight excluding hydrogens is 288 g/mol. The number of nitrogens with zero attached hydrogens (tertiary/aromatic N) is 2. The summed E-state index contributed by atoms with van der Waals surface area (Å²) in [5.41, 5.74) is 0.771. The van der Waals surface area contributed by atoms with Crippen molar-refractivity contribution in [1.29, 1.82) is 0 Å². The second kappa shape index (κ2) is 5.09. The number of hydrogen-bond donors (Lipinski definition) is 0. The molecule has 0 saturated heterocycles. The summed E-state index contributed by atoms with van der Waals surface area (Å²) in [7, 11) is 0. The zero-order chi connectivity index (χ0) is 12.3. The number of aromatic nitrogens is 2. The second-order valence-corrected chi connectivity index (χ2v) is 4.07. The fourth-order valence-electron chi connectivity index (χ4n) is 1.22. The molecule has 5 nitrogen and oxygen atoms in total. The Morgan fingerprint density at radius 2 is 2.12 bits per heavy atom. The Balaban J connectivity index is 2.23. The summed E-state index contributed by atoms with van der Waals surface area (Å²) >= 11 is 3.33. The summed E-state index contributed by atoms with van der Waals surface area (Å²) < 4.78 is 10.5. The maximum absolute atomic E-state index is 11.3. The topological polar surface area (TPSA) is 65.2 Å². The lowest BCUT2D eigenvalue weighted by molar-refractivity contribution is 0.0470. The number of hydrogen-bond acceptors (Lipinski definition) is 5. The first-order chi connectivity index (χ1) is 8.20. The van der Waals surface area contributed by atoms with Gasteiger partial charge in [0.1, 0.15) is 0 Å². The van der Waals surface area contributed by atoms with Crippen LogP contribution < -0.4 is 0 Å². The molecule has 0 bridgehead atoms. The van der Waals surface area contributed by atoms with Crippen LogP contribution >= 0.6 is 15.9 Å². The highest BCUT2D eigenvalue weighted by atomic mass is 79.9. The Kier molecular flexibility index (Phi) is 3.53. The summed E-state index contributed by atoms with van der Waals surface area (Å²) in [5, 5.41) is 3.72. The first-order valence-electron chi connectivity index (χ1n) is 4.97. The maximum Gasteiger partial charge on any atom is 0.397 e. The van der Waals surface area contributed by atoms with Gasteiger partial charge in [-0.25, -0.2) is 4.79 Å². The zero-order valence-corrected chi connectivity index (χ0v) is 10.6. The van der Waals surface area contributed by atoms with E-state index < -0.39 is 5.97 Å². The van der Waals surface area contributed by atoms with Gasteiger partial charge in [0, 0.05) is 10.0 Å². The molecule has 88 valence electrons. The molecule has 0 spiro atoms. The number of ether oxygens (including phenoxy) is 1. The SMILES string of the molecule is CCOC(=O)c1nc(-c2ccc(Br)cc2)no1. The molecule has 1 heterocycles. The van der Waals surface area contributed by atoms with Crippen LogP contribution in [0.1, 0.15) is 17.6 Å². The molecule has 2 rings (SSSR count). The smallest absolute Gasteiger partial charge is 0.397 e. The van der Waals surface area contributed by atoms with E-state index in [1.54, 1.807) is 6.92 Å². The maximum atomic E-state index is 11.3. The third-order valence-corrected chi connectivity index (χ3v) is 2.51. The Morgan fingerprint density at radius 3 is 2.76 bits per heavy atom. The van der Waals surface area contributed by atoms with Crippen LogP contribution in [0.5, 0.6) is 0 Å². The summed E-state index contributed by atoms with van der Waals surface area (Å²) in [6.45, 7) is 1.98. The van der Waals surface area contributed by atoms with Crippen LogP contribution in [0.15, 0.2) is 33.3 Å². The van der Waals surface area contributed by atoms with Crippen molar-refractivity contribution in [2.75, 3.05) is 6.61 Å². The van der Waals surface area contributed by atoms with Gasteiger partial charge in [0.15, 0.2) is 0 Å². The van der Waals surface area contributed by atoms with Crippen molar-refractivity contribution in [2.45, 2.75) is 6.92 Å². The van der Waals surface area contributed by atoms with Crippen LogP contribution in [-0.2, 0) is 4.74 Å². The van der Waals surface area contributed by atoms with Gasteiger partial charge in [-0.2, -0.15) is 4.98 Å². The van der Waals surface area contributed by atoms with Gasteiger partial charge < -0.3 is 9.26 Å². The van der Waals surface area contributed by atoms with Crippen LogP contribution in [0, 0.1) is 0 Å². The Labute approximate surface area is 106 Å². The molecule has 6 heteroatoms. The molecular formula is C11H9BrN2O3. The first-order valence-corrected chi connectivity index (χ1v) is 5.76. The van der Waals surface area contributed by atoms with Crippen LogP contribution in [-0.4, -0.2) is 22.7 Å². The van der Waals surface area contributed by atoms with Gasteiger partial charge >= 0.3 is 11.9 Å². The molecule has 0 saturated carbocycles. The van der Waals surface area contributed by atoms with Gasteiger partial charge in [-0.15, -0.1) is 0 Å². The van der Waals surface area contributed by atoms with Crippen molar-refractivity contribution >= 4 is 21.9 Å². The molecule has 1 aromatic carbocycles. The molecule has 1 aromatic heterocycles. The summed E-state index contributed by atoms with van der Waals surface area (Å²) in [6, 6.07) is 7.36. The second-order valence-electron chi connectivity index (χ2n) is 3.15. The van der Waals surface area contributed by atoms with E-state index >= 15 is 0 Å². The monoisotopic (exact) mass is 296 g/mol. The molecule has 0 aliphatic carbocycles. The first kappa shape index (κ1) is 11.8. The predicted octanol–water partition coefficient (Wildman–Crippen LogP) is 2.68. The number of halogens is 1. The van der Waals surface area contributed by atoms with Gasteiger partial charge in [-0.1, -0.05) is 21.1 Å². The molecule has 0 aliphatic rings. The fourth-order valence-corrected chi connectivity index (χ4v) is 1.48. The summed E-state index contributed by atoms with van der Waals surface area (Å²) in [5.74, 6) is -0.381. The number of rotatable bonds is 3. The van der Waals surface area contributed by atoms with E-state index in [-0.39, 0.29) is 12.5 Å². The molecule has 0 unspecified atom stereocenters. The Hall–Kier alpha value is -1.69. The van der Waals surface area contributed by atoms with Gasteiger partial charge in [0.2, 0.25) is 5.82 Å². The van der Waals surface area contributed by atoms with E-state index in [9.17, 15) is 4.79 Å². The van der Waals surface area contributed by atoms with Crippen molar-refractivity contribution < 1.29 is 14.1 Å². The lowest BCUT2D eigenvalue weighted by Gasteiger charge is -1.94. The molecule has 0 aliphatic heterocycles. The minimum absolute atomic E-state index is 0.134. The van der Waals surface area contributed by atoms with Crippen LogP contribution in [0.2, 0.25) is 0 Å². The molecule has 0 radical (unpaired) electrons. The quantitative estimate of drug-likeness (QED) is 0.815. The highest BCUT2D eigenvalue weighted by molar-refractivity contribution is 9.10. The van der Waals surface area contributed by atoms with Crippen LogP contribution in [0.3, 0.4) is 0 Å². The van der Waals surface area contributed by atoms with Crippen LogP contribution in [0.25, 0.3) is 11.4 Å². The van der Waals surface area contributed by atoms with Crippen molar-refractivity contribution in [1.82, 2.24) is 10.1 Å². The highest BCUT2D eigenvalue weighted by Gasteiger charge is 2.16. The standard InChI is InChI=1S/C11H9BrN2O3/c1-2-16-11(15)10-13-9(14-17-10)7-3-5-8(12)6-4-7/h3-6H,2H2,1H3. The third-order valence-electron chi connectivity index (χ3n) is 1.98. The van der Waals surface area contributed by atoms with Crippen molar-refractivity contribution in [3.05, 3.63) is 34.6 Å². The zero-order valence-electron chi connectivity index (χ0n) is 9.01. The Morgan fingerprint density at radius 1 is 1.41 bits per heavy atom. The van der Waals surface area contributed by atoms with E-state index in [1.807, 2.05) is 24.3 Å². The average molecular weight is 297 g/mol. The van der Waals surface area contributed by atoms with E-state index in [2.05, 4.69) is 26.1 Å². The van der Waals surface area contributed by atoms with E-state index in [1.165, 1.54) is 0 Å². The normalized spacial score (nSPS) is 10.2. The number of carbonyl (C=O) groups is 1. The minimum Gasteiger partial charge on any atom is -0.459 e. The van der Waals surface area contributed by atoms with Crippen molar-refractivity contribution in [2.24, 2.45) is 0 Å². The van der Waals surface area contributed by atoms with Gasteiger partial charge in [-0.05, 0) is 31.2 Å². The number of esters is 1. The van der Waals surface area contributed by atoms with Crippen molar-refractivity contribution in [3.8, 4) is 11.4 Å². The molecule has 0 fully saturated rings. The van der Waals surface area contributed by atoms with Gasteiger partial charge in [-0.3, -0.25) is 0 Å². The predicted molar refractivity (Wildman–Crippen MR) is 63.4 cm³/mol. The summed E-state index contributed by atoms with van der Waals surface area (Å²) in [4.78, 5) is 15.3. The van der Waals surface area contributed by atoms with E-state index in [0.717, 1.165) is 10.0 Å². The van der Waals surface area contributed by atoms with E-state index in [0.29, 0.717) is 5.82 Å². The van der Waals surface area contributed by atoms with E-state index in [4.69, 9.17) is 9.26 Å². The average Bonchev–Trinajstić information content (AvgIpc) is 2.80. The minimum atomic E-state index is -0.608. The van der Waals surface area contributed by atoms with Gasteiger partial charge in [0.25, 0.3) is 0 Å². The van der Waals surface area contributed by atoms with Crippen LogP contribution in [0.4, 0.5) is 0 Å². The molecule has 0 N–H and O–H groups in total. The van der Waals surface area contributed by atoms with Gasteiger partial charge in [0.05, 0.1) is 6.61 Å². The summed E-state index contributed by atoms with van der Waals surface area (Å²) in [6.07, 6.45) is 0. The lowest BCUT2D eigenvalue weighted by Crippen LogP contribution is -2.04. The number of benzene rings is 1. The Bertz CT molecular complexity index is 522. The molecule has 0 amide bonds. The third kappa shape index (κ3) is 2.71. The van der Waals surface area contributed by atoms with Crippen molar-refractivity contribution in [3.63, 3.8) is 0 Å². The molecule has 0 atom stereocenters. The highest BCUT2D eigenvalue weighted by Crippen LogP contribution is 2.19. The fraction of sp³-hybridized carbons (Fsp3) is 0.182. The largest absolute Gasteiger partial charge is 0.459 e.